The van der Waals surface area contributed by atoms with Gasteiger partial charge in [0.1, 0.15) is 5.82 Å². The lowest BCUT2D eigenvalue weighted by molar-refractivity contribution is 0.284. The molecule has 2 aromatic heterocycles. The van der Waals surface area contributed by atoms with Crippen LogP contribution >= 0.6 is 0 Å². The fourth-order valence-corrected chi connectivity index (χ4v) is 1.43. The van der Waals surface area contributed by atoms with Gasteiger partial charge in [-0.1, -0.05) is 0 Å². The minimum absolute atomic E-state index is 0.252. The van der Waals surface area contributed by atoms with Crippen LogP contribution in [0.15, 0.2) is 18.5 Å². The molecule has 0 unspecified atom stereocenters. The molecule has 2 N–H and O–H groups in total. The number of aliphatic hydroxyl groups excluding tert-OH is 1. The highest BCUT2D eigenvalue weighted by molar-refractivity contribution is 5.73. The molecule has 0 aliphatic carbocycles. The quantitative estimate of drug-likeness (QED) is 0.715. The van der Waals surface area contributed by atoms with Crippen LogP contribution in [0, 0.1) is 0 Å². The summed E-state index contributed by atoms with van der Waals surface area (Å²) in [6, 6.07) is 1.89. The van der Waals surface area contributed by atoms with Crippen LogP contribution in [0.3, 0.4) is 0 Å². The number of fused-ring (bicyclic) bond motifs is 1. The largest absolute Gasteiger partial charge is 0.396 e. The van der Waals surface area contributed by atoms with Gasteiger partial charge in [0.05, 0.1) is 17.2 Å². The van der Waals surface area contributed by atoms with Crippen LogP contribution in [-0.4, -0.2) is 26.7 Å². The second kappa shape index (κ2) is 4.19. The zero-order valence-corrected chi connectivity index (χ0v) is 7.90. The van der Waals surface area contributed by atoms with Gasteiger partial charge in [-0.25, -0.2) is 4.98 Å². The van der Waals surface area contributed by atoms with E-state index >= 15 is 0 Å². The molecule has 0 bridgehead atoms. The molecule has 0 spiro atoms. The van der Waals surface area contributed by atoms with Gasteiger partial charge >= 0.3 is 0 Å². The number of imidazole rings is 1. The predicted molar refractivity (Wildman–Crippen MR) is 53.9 cm³/mol. The number of aromatic amines is 1. The first-order valence-electron chi connectivity index (χ1n) is 4.79. The Balaban J connectivity index is 2.11. The summed E-state index contributed by atoms with van der Waals surface area (Å²) >= 11 is 0. The Morgan fingerprint density at radius 1 is 1.36 bits per heavy atom. The number of H-pyrrole nitrogens is 1. The Morgan fingerprint density at radius 3 is 3.07 bits per heavy atom. The van der Waals surface area contributed by atoms with E-state index in [1.165, 1.54) is 0 Å². The number of rotatable bonds is 4. The SMILES string of the molecule is OCCCCc1nc2ccncc2[nH]1. The lowest BCUT2D eigenvalue weighted by Crippen LogP contribution is -1.90. The molecule has 0 aromatic carbocycles. The van der Waals surface area contributed by atoms with E-state index in [2.05, 4.69) is 15.0 Å². The van der Waals surface area contributed by atoms with Crippen LogP contribution < -0.4 is 0 Å². The van der Waals surface area contributed by atoms with Crippen LogP contribution in [0.5, 0.6) is 0 Å². The fraction of sp³-hybridized carbons (Fsp3) is 0.400. The molecule has 2 rings (SSSR count). The van der Waals surface area contributed by atoms with Crippen molar-refractivity contribution in [3.05, 3.63) is 24.3 Å². The van der Waals surface area contributed by atoms with E-state index in [-0.39, 0.29) is 6.61 Å². The number of aromatic nitrogens is 3. The molecular formula is C10H13N3O. The van der Waals surface area contributed by atoms with E-state index in [1.807, 2.05) is 6.07 Å². The summed E-state index contributed by atoms with van der Waals surface area (Å²) in [4.78, 5) is 11.6. The maximum absolute atomic E-state index is 8.64. The molecule has 0 saturated carbocycles. The van der Waals surface area contributed by atoms with Crippen LogP contribution in [0.25, 0.3) is 11.0 Å². The predicted octanol–water partition coefficient (Wildman–Crippen LogP) is 1.27. The summed E-state index contributed by atoms with van der Waals surface area (Å²) in [5.41, 5.74) is 1.94. The third kappa shape index (κ3) is 1.90. The molecule has 4 heteroatoms. The summed E-state index contributed by atoms with van der Waals surface area (Å²) < 4.78 is 0. The Hall–Kier alpha value is -1.42. The van der Waals surface area contributed by atoms with Crippen molar-refractivity contribution in [3.8, 4) is 0 Å². The van der Waals surface area contributed by atoms with E-state index in [0.717, 1.165) is 36.1 Å². The lowest BCUT2D eigenvalue weighted by Gasteiger charge is -1.93. The molecule has 0 atom stereocenters. The number of hydrogen-bond acceptors (Lipinski definition) is 3. The summed E-state index contributed by atoms with van der Waals surface area (Å²) in [5, 5.41) is 8.64. The number of unbranched alkanes of at least 4 members (excludes halogenated alkanes) is 1. The molecule has 4 nitrogen and oxygen atoms in total. The van der Waals surface area contributed by atoms with Crippen molar-refractivity contribution in [1.82, 2.24) is 15.0 Å². The van der Waals surface area contributed by atoms with Gasteiger partial charge in [-0.15, -0.1) is 0 Å². The van der Waals surface area contributed by atoms with E-state index in [4.69, 9.17) is 5.11 Å². The summed E-state index contributed by atoms with van der Waals surface area (Å²) in [6.07, 6.45) is 6.19. The Bertz CT molecular complexity index is 377. The molecule has 0 aliphatic rings. The monoisotopic (exact) mass is 191 g/mol. The number of pyridine rings is 1. The average molecular weight is 191 g/mol. The summed E-state index contributed by atoms with van der Waals surface area (Å²) in [5.74, 6) is 0.974. The van der Waals surface area contributed by atoms with Crippen LogP contribution in [0.1, 0.15) is 18.7 Å². The van der Waals surface area contributed by atoms with Crippen molar-refractivity contribution >= 4 is 11.0 Å². The number of aliphatic hydroxyl groups is 1. The average Bonchev–Trinajstić information content (AvgIpc) is 2.60. The molecule has 0 saturated heterocycles. The van der Waals surface area contributed by atoms with E-state index < -0.39 is 0 Å². The van der Waals surface area contributed by atoms with Gasteiger partial charge in [0.15, 0.2) is 0 Å². The molecule has 0 amide bonds. The second-order valence-electron chi connectivity index (χ2n) is 3.26. The Morgan fingerprint density at radius 2 is 2.29 bits per heavy atom. The topological polar surface area (TPSA) is 61.8 Å². The van der Waals surface area contributed by atoms with Gasteiger partial charge < -0.3 is 10.1 Å². The first kappa shape index (κ1) is 9.15. The smallest absolute Gasteiger partial charge is 0.107 e. The second-order valence-corrected chi connectivity index (χ2v) is 3.26. The summed E-state index contributed by atoms with van der Waals surface area (Å²) in [7, 11) is 0. The van der Waals surface area contributed by atoms with Gasteiger partial charge in [-0.2, -0.15) is 0 Å². The number of hydrogen-bond donors (Lipinski definition) is 2. The van der Waals surface area contributed by atoms with E-state index in [1.54, 1.807) is 12.4 Å². The molecule has 74 valence electrons. The van der Waals surface area contributed by atoms with Gasteiger partial charge in [0, 0.05) is 19.2 Å². The number of aryl methyl sites for hydroxylation is 1. The van der Waals surface area contributed by atoms with Crippen LogP contribution in [-0.2, 0) is 6.42 Å². The van der Waals surface area contributed by atoms with Crippen molar-refractivity contribution in [1.29, 1.82) is 0 Å². The third-order valence-electron chi connectivity index (χ3n) is 2.15. The standard InChI is InChI=1S/C10H13N3O/c14-6-2-1-3-10-12-8-4-5-11-7-9(8)13-10/h4-5,7,14H,1-3,6H2,(H,12,13). The first-order valence-corrected chi connectivity index (χ1v) is 4.79. The highest BCUT2D eigenvalue weighted by Crippen LogP contribution is 2.10. The minimum atomic E-state index is 0.252. The number of nitrogens with zero attached hydrogens (tertiary/aromatic N) is 2. The Kier molecular flexibility index (Phi) is 2.74. The Labute approximate surface area is 82.0 Å². The summed E-state index contributed by atoms with van der Waals surface area (Å²) in [6.45, 7) is 0.252. The zero-order chi connectivity index (χ0) is 9.80. The molecule has 0 radical (unpaired) electrons. The van der Waals surface area contributed by atoms with Crippen molar-refractivity contribution in [2.24, 2.45) is 0 Å². The number of nitrogens with one attached hydrogen (secondary N) is 1. The van der Waals surface area contributed by atoms with Gasteiger partial charge in [0.2, 0.25) is 0 Å². The highest BCUT2D eigenvalue weighted by atomic mass is 16.2. The van der Waals surface area contributed by atoms with Crippen molar-refractivity contribution in [2.75, 3.05) is 6.61 Å². The zero-order valence-electron chi connectivity index (χ0n) is 7.90. The fourth-order valence-electron chi connectivity index (χ4n) is 1.43. The highest BCUT2D eigenvalue weighted by Gasteiger charge is 2.01. The lowest BCUT2D eigenvalue weighted by atomic mass is 10.2. The molecule has 14 heavy (non-hydrogen) atoms. The van der Waals surface area contributed by atoms with Crippen LogP contribution in [0.2, 0.25) is 0 Å². The van der Waals surface area contributed by atoms with E-state index in [9.17, 15) is 0 Å². The minimum Gasteiger partial charge on any atom is -0.396 e. The van der Waals surface area contributed by atoms with Crippen LogP contribution in [0.4, 0.5) is 0 Å². The third-order valence-corrected chi connectivity index (χ3v) is 2.15. The van der Waals surface area contributed by atoms with Gasteiger partial charge in [-0.05, 0) is 18.9 Å². The maximum Gasteiger partial charge on any atom is 0.107 e. The van der Waals surface area contributed by atoms with Crippen molar-refractivity contribution in [2.45, 2.75) is 19.3 Å². The molecule has 2 aromatic rings. The molecule has 0 aliphatic heterocycles. The maximum atomic E-state index is 8.64. The normalized spacial score (nSPS) is 10.9. The van der Waals surface area contributed by atoms with Gasteiger partial charge in [-0.3, -0.25) is 4.98 Å². The molecule has 0 fully saturated rings. The van der Waals surface area contributed by atoms with Crippen molar-refractivity contribution < 1.29 is 5.11 Å². The van der Waals surface area contributed by atoms with Crippen molar-refractivity contribution in [3.63, 3.8) is 0 Å². The molecular weight excluding hydrogens is 178 g/mol. The first-order chi connectivity index (χ1) is 6.90. The van der Waals surface area contributed by atoms with Gasteiger partial charge in [0.25, 0.3) is 0 Å². The van der Waals surface area contributed by atoms with E-state index in [0.29, 0.717) is 0 Å². The molecule has 2 heterocycles.